The van der Waals surface area contributed by atoms with Crippen molar-refractivity contribution in [1.82, 2.24) is 0 Å². The second-order valence-electron chi connectivity index (χ2n) is 13.6. The van der Waals surface area contributed by atoms with Gasteiger partial charge in [0.1, 0.15) is 69.0 Å². The van der Waals surface area contributed by atoms with E-state index in [1.807, 2.05) is 0 Å². The average Bonchev–Trinajstić information content (AvgIpc) is 3.31. The molecule has 326 valence electrons. The summed E-state index contributed by atoms with van der Waals surface area (Å²) in [6.07, 6.45) is 0. The third-order valence-electron chi connectivity index (χ3n) is 9.38. The summed E-state index contributed by atoms with van der Waals surface area (Å²) in [5.41, 5.74) is -1.02. The predicted molar refractivity (Wildman–Crippen MR) is 227 cm³/mol. The second-order valence-corrected chi connectivity index (χ2v) is 13.6. The number of Topliss-reactive ketones (excluding diaryl/α,β-unsaturated/α-hetero) is 6. The highest BCUT2D eigenvalue weighted by Crippen LogP contribution is 2.36. The quantitative estimate of drug-likeness (QED) is 0.0583. The van der Waals surface area contributed by atoms with Gasteiger partial charge in [-0.1, -0.05) is 0 Å². The molecule has 0 aliphatic rings. The lowest BCUT2D eigenvalue weighted by molar-refractivity contribution is 0.0816. The molecule has 0 aliphatic carbocycles. The molecule has 0 atom stereocenters. The molecule has 0 bridgehead atoms. The van der Waals surface area contributed by atoms with Crippen LogP contribution in [0.4, 0.5) is 0 Å². The predicted octanol–water partition coefficient (Wildman–Crippen LogP) is 7.93. The van der Waals surface area contributed by atoms with Crippen molar-refractivity contribution in [3.8, 4) is 69.0 Å². The Balaban J connectivity index is 1.37. The van der Waals surface area contributed by atoms with Gasteiger partial charge in [0, 0.05) is 69.8 Å². The Morgan fingerprint density at radius 2 is 0.438 bits per heavy atom. The zero-order chi connectivity index (χ0) is 46.2. The van der Waals surface area contributed by atoms with E-state index in [2.05, 4.69) is 0 Å². The van der Waals surface area contributed by atoms with Crippen molar-refractivity contribution in [2.45, 2.75) is 0 Å². The summed E-state index contributed by atoms with van der Waals surface area (Å²) >= 11 is 0. The molecule has 0 saturated heterocycles. The molecule has 0 heterocycles. The van der Waals surface area contributed by atoms with Crippen molar-refractivity contribution in [3.05, 3.63) is 143 Å². The van der Waals surface area contributed by atoms with E-state index >= 15 is 0 Å². The van der Waals surface area contributed by atoms with E-state index in [0.29, 0.717) is 0 Å². The number of ketones is 6. The number of carbonyl (C=O) groups is 6. The van der Waals surface area contributed by atoms with Gasteiger partial charge in [-0.05, 0) is 72.8 Å². The number of methoxy groups -OCH3 is 6. The largest absolute Gasteiger partial charge is 0.508 e. The fourth-order valence-electron chi connectivity index (χ4n) is 6.24. The molecule has 6 aromatic rings. The molecule has 0 aliphatic heterocycles. The maximum Gasteiger partial charge on any atom is 0.233 e. The van der Waals surface area contributed by atoms with Crippen molar-refractivity contribution >= 4 is 34.7 Å². The number of hydrogen-bond acceptors (Lipinski definition) is 16. The molecule has 0 unspecified atom stereocenters. The summed E-state index contributed by atoms with van der Waals surface area (Å²) in [7, 11) is 8.25. The monoisotopic (exact) mass is 870 g/mol. The number of rotatable bonds is 19. The van der Waals surface area contributed by atoms with Crippen LogP contribution in [0.3, 0.4) is 0 Å². The van der Waals surface area contributed by atoms with E-state index in [-0.39, 0.29) is 90.9 Å². The molecule has 64 heavy (non-hydrogen) atoms. The SMILES string of the molecule is COc1cc(OC)cc(C(=O)C(=O)c2cc(O)cc(Oc3cc(Oc4cc(O)cc(C(=O)C(=O)c5cc(OC)cc(OC)c5)c4)cc(C(=O)C(=O)c4cc(OC)cc(OC)c4)c3)c2)c1. The summed E-state index contributed by atoms with van der Waals surface area (Å²) in [5, 5.41) is 21.3. The Hall–Kier alpha value is -8.66. The van der Waals surface area contributed by atoms with E-state index in [0.717, 1.165) is 24.3 Å². The normalized spacial score (nSPS) is 10.5. The molecule has 0 aromatic heterocycles. The summed E-state index contributed by atoms with van der Waals surface area (Å²) in [5.74, 6) is -6.21. The Morgan fingerprint density at radius 1 is 0.266 bits per heavy atom. The zero-order valence-electron chi connectivity index (χ0n) is 35.0. The van der Waals surface area contributed by atoms with Gasteiger partial charge in [0.2, 0.25) is 34.7 Å². The molecule has 0 saturated carbocycles. The topological polar surface area (TPSA) is 217 Å². The first-order chi connectivity index (χ1) is 30.6. The Labute approximate surface area is 365 Å². The highest BCUT2D eigenvalue weighted by Gasteiger charge is 2.26. The maximum atomic E-state index is 13.9. The van der Waals surface area contributed by atoms with Crippen molar-refractivity contribution < 1.29 is 76.9 Å². The van der Waals surface area contributed by atoms with Gasteiger partial charge in [-0.3, -0.25) is 28.8 Å². The van der Waals surface area contributed by atoms with Crippen LogP contribution in [0.2, 0.25) is 0 Å². The summed E-state index contributed by atoms with van der Waals surface area (Å²) in [4.78, 5) is 81.3. The number of hydrogen-bond donors (Lipinski definition) is 2. The van der Waals surface area contributed by atoms with Crippen LogP contribution in [0.5, 0.6) is 69.0 Å². The first-order valence-corrected chi connectivity index (χ1v) is 18.8. The van der Waals surface area contributed by atoms with Crippen molar-refractivity contribution in [3.63, 3.8) is 0 Å². The molecule has 6 aromatic carbocycles. The van der Waals surface area contributed by atoms with Crippen molar-refractivity contribution in [2.75, 3.05) is 42.7 Å². The van der Waals surface area contributed by atoms with E-state index in [9.17, 15) is 39.0 Å². The van der Waals surface area contributed by atoms with Gasteiger partial charge < -0.3 is 48.1 Å². The number of carbonyl (C=O) groups excluding carboxylic acids is 6. The Bertz CT molecular complexity index is 2630. The fourth-order valence-corrected chi connectivity index (χ4v) is 6.24. The van der Waals surface area contributed by atoms with Gasteiger partial charge in [-0.15, -0.1) is 0 Å². The maximum absolute atomic E-state index is 13.9. The van der Waals surface area contributed by atoms with Crippen LogP contribution in [0.25, 0.3) is 0 Å². The van der Waals surface area contributed by atoms with Gasteiger partial charge in [0.25, 0.3) is 0 Å². The van der Waals surface area contributed by atoms with Crippen molar-refractivity contribution in [2.24, 2.45) is 0 Å². The lowest BCUT2D eigenvalue weighted by atomic mass is 10.00. The number of benzene rings is 6. The minimum Gasteiger partial charge on any atom is -0.508 e. The van der Waals surface area contributed by atoms with Crippen LogP contribution in [0.1, 0.15) is 62.1 Å². The molecule has 0 fully saturated rings. The van der Waals surface area contributed by atoms with Gasteiger partial charge in [-0.2, -0.15) is 0 Å². The molecule has 2 N–H and O–H groups in total. The summed E-state index contributed by atoms with van der Waals surface area (Å²) < 4.78 is 43.4. The van der Waals surface area contributed by atoms with E-state index in [1.54, 1.807) is 0 Å². The summed E-state index contributed by atoms with van der Waals surface area (Å²) in [6, 6.07) is 22.9. The Kier molecular flexibility index (Phi) is 13.6. The third-order valence-corrected chi connectivity index (χ3v) is 9.38. The minimum absolute atomic E-state index is 0.0555. The molecule has 16 heteroatoms. The summed E-state index contributed by atoms with van der Waals surface area (Å²) in [6.45, 7) is 0. The molecular formula is C48H38O16. The molecule has 0 amide bonds. The molecule has 16 nitrogen and oxygen atoms in total. The smallest absolute Gasteiger partial charge is 0.233 e. The van der Waals surface area contributed by atoms with Gasteiger partial charge in [0.05, 0.1) is 42.7 Å². The highest BCUT2D eigenvalue weighted by atomic mass is 16.5. The van der Waals surface area contributed by atoms with Gasteiger partial charge in [-0.25, -0.2) is 0 Å². The molecule has 6 rings (SSSR count). The lowest BCUT2D eigenvalue weighted by Crippen LogP contribution is -2.15. The first kappa shape index (κ1) is 44.9. The molecule has 0 spiro atoms. The van der Waals surface area contributed by atoms with E-state index < -0.39 is 46.2 Å². The van der Waals surface area contributed by atoms with E-state index in [4.69, 9.17) is 37.9 Å². The van der Waals surface area contributed by atoms with Gasteiger partial charge >= 0.3 is 0 Å². The number of ether oxygens (including phenoxy) is 8. The number of phenols is 2. The minimum atomic E-state index is -1.05. The fraction of sp³-hybridized carbons (Fsp3) is 0.125. The van der Waals surface area contributed by atoms with Crippen LogP contribution >= 0.6 is 0 Å². The molecule has 0 radical (unpaired) electrons. The number of aromatic hydroxyl groups is 2. The lowest BCUT2D eigenvalue weighted by Gasteiger charge is -2.14. The van der Waals surface area contributed by atoms with Crippen LogP contribution in [0.15, 0.2) is 109 Å². The standard InChI is InChI=1S/C48H38O16/c1-57-33-9-27(10-34(21-33)58-2)45(53)43(51)25-7-31(49)19-39(15-25)63-41-17-30(48(56)47(55)29-13-37(61-5)23-38(14-29)62-6)18-42(24-41)64-40-16-26(8-32(50)20-40)44(52)46(54)28-11-35(59-3)22-36(12-28)60-4/h7-24,49-50H,1-6H3. The first-order valence-electron chi connectivity index (χ1n) is 18.8. The van der Waals surface area contributed by atoms with Crippen LogP contribution in [-0.4, -0.2) is 87.6 Å². The zero-order valence-corrected chi connectivity index (χ0v) is 35.0. The highest BCUT2D eigenvalue weighted by molar-refractivity contribution is 6.50. The van der Waals surface area contributed by atoms with Crippen LogP contribution in [-0.2, 0) is 0 Å². The van der Waals surface area contributed by atoms with E-state index in [1.165, 1.54) is 128 Å². The number of phenolic OH excluding ortho intramolecular Hbond substituents is 2. The average molecular weight is 871 g/mol. The second kappa shape index (κ2) is 19.4. The molecular weight excluding hydrogens is 833 g/mol. The van der Waals surface area contributed by atoms with Crippen molar-refractivity contribution in [1.29, 1.82) is 0 Å². The van der Waals surface area contributed by atoms with Crippen LogP contribution < -0.4 is 37.9 Å². The third kappa shape index (κ3) is 10.3. The van der Waals surface area contributed by atoms with Gasteiger partial charge in [0.15, 0.2) is 0 Å². The Morgan fingerprint density at radius 3 is 0.656 bits per heavy atom. The van der Waals surface area contributed by atoms with Crippen LogP contribution in [0, 0.1) is 0 Å².